The van der Waals surface area contributed by atoms with Crippen molar-refractivity contribution >= 4 is 41.1 Å². The Kier molecular flexibility index (Phi) is 6.91. The highest BCUT2D eigenvalue weighted by atomic mass is 16.6. The van der Waals surface area contributed by atoms with E-state index in [1.54, 1.807) is 18.2 Å². The lowest BCUT2D eigenvalue weighted by atomic mass is 9.55. The van der Waals surface area contributed by atoms with Crippen molar-refractivity contribution in [2.24, 2.45) is 17.8 Å². The van der Waals surface area contributed by atoms with Crippen LogP contribution in [0.5, 0.6) is 11.5 Å². The van der Waals surface area contributed by atoms with Crippen molar-refractivity contribution in [2.45, 2.75) is 18.9 Å². The number of carbonyl (C=O) groups is 2. The Morgan fingerprint density at radius 3 is 2.45 bits per heavy atom. The lowest BCUT2D eigenvalue weighted by molar-refractivity contribution is -0.384. The number of hydrogen-bond acceptors (Lipinski definition) is 8. The van der Waals surface area contributed by atoms with Crippen LogP contribution in [-0.2, 0) is 14.2 Å². The predicted octanol–water partition coefficient (Wildman–Crippen LogP) is 5.14. The van der Waals surface area contributed by atoms with Crippen LogP contribution in [0.4, 0.5) is 11.4 Å². The maximum absolute atomic E-state index is 14.1. The second kappa shape index (κ2) is 10.9. The van der Waals surface area contributed by atoms with E-state index in [4.69, 9.17) is 9.39 Å². The fourth-order valence-corrected chi connectivity index (χ4v) is 7.02. The fraction of sp³-hybridized carbons (Fsp3) is 0.212. The maximum Gasteiger partial charge on any atom is 0.487 e. The van der Waals surface area contributed by atoms with Crippen LogP contribution in [0.1, 0.15) is 24.5 Å². The van der Waals surface area contributed by atoms with Crippen LogP contribution in [0.2, 0.25) is 0 Å². The molecule has 2 N–H and O–H groups in total. The Bertz CT molecular complexity index is 1840. The van der Waals surface area contributed by atoms with Crippen molar-refractivity contribution < 1.29 is 34.0 Å². The van der Waals surface area contributed by atoms with Crippen molar-refractivity contribution in [3.8, 4) is 11.5 Å². The Morgan fingerprint density at radius 2 is 1.68 bits per heavy atom. The number of nitrogens with zero attached hydrogens (tertiary/aromatic N) is 2. The van der Waals surface area contributed by atoms with Crippen molar-refractivity contribution in [3.05, 3.63) is 118 Å². The molecule has 2 saturated heterocycles. The molecule has 3 aliphatic rings. The molecular weight excluding hydrogens is 563 g/mol. The normalized spacial score (nSPS) is 23.1. The summed E-state index contributed by atoms with van der Waals surface area (Å²) in [6.07, 6.45) is -0.181. The number of rotatable bonds is 6. The monoisotopic (exact) mass is 590 g/mol. The van der Waals surface area contributed by atoms with Crippen LogP contribution >= 0.6 is 0 Å². The van der Waals surface area contributed by atoms with E-state index >= 15 is 0 Å². The summed E-state index contributed by atoms with van der Waals surface area (Å²) in [6.45, 7) is 0.0879. The van der Waals surface area contributed by atoms with Gasteiger partial charge in [-0.3, -0.25) is 19.7 Å². The average molecular weight is 590 g/mol. The zero-order valence-electron chi connectivity index (χ0n) is 23.4. The zero-order valence-corrected chi connectivity index (χ0v) is 23.4. The molecular formula is C33H27BN2O8. The molecule has 2 fully saturated rings. The number of imide groups is 1. The maximum atomic E-state index is 14.1. The van der Waals surface area contributed by atoms with Gasteiger partial charge in [0.15, 0.2) is 0 Å². The molecule has 0 radical (unpaired) electrons. The Morgan fingerprint density at radius 1 is 0.932 bits per heavy atom. The summed E-state index contributed by atoms with van der Waals surface area (Å²) in [5, 5.41) is 34.8. The average Bonchev–Trinajstić information content (AvgIpc) is 3.29. The lowest BCUT2D eigenvalue weighted by Crippen LogP contribution is -2.45. The summed E-state index contributed by atoms with van der Waals surface area (Å²) in [6, 6.07) is 25.3. The summed E-state index contributed by atoms with van der Waals surface area (Å²) in [5.41, 5.74) is 1.87. The number of para-hydroxylation sites is 1. The zero-order chi connectivity index (χ0) is 30.5. The number of nitro benzene ring substituents is 1. The first-order chi connectivity index (χ1) is 21.3. The Labute approximate surface area is 252 Å². The summed E-state index contributed by atoms with van der Waals surface area (Å²) in [5.74, 6) is -2.29. The standard InChI is InChI=1S/C33H27BN2O8/c37-28-14-13-25(23-11-4-5-12-24(23)28)29-17-26-30-27(32(38)35(33(30)39)20-7-6-8-21(16-20)36(41)42)15-19(31(26)34(40)44-29)18-43-22-9-2-1-3-10-22/h1-14,16,26-27,29-30,37,40H,15,17-18H2/t26-,27-,29-,30+/m0/s1. The number of ether oxygens (including phenoxy) is 1. The van der Waals surface area contributed by atoms with Gasteiger partial charge in [-0.05, 0) is 65.0 Å². The van der Waals surface area contributed by atoms with Crippen molar-refractivity contribution in [1.29, 1.82) is 0 Å². The molecule has 44 heavy (non-hydrogen) atoms. The van der Waals surface area contributed by atoms with Crippen molar-refractivity contribution in [3.63, 3.8) is 0 Å². The van der Waals surface area contributed by atoms with Gasteiger partial charge in [0, 0.05) is 17.5 Å². The van der Waals surface area contributed by atoms with E-state index in [0.717, 1.165) is 15.8 Å². The number of non-ortho nitro benzene ring substituents is 1. The molecule has 2 heterocycles. The quantitative estimate of drug-likeness (QED) is 0.136. The van der Waals surface area contributed by atoms with Gasteiger partial charge in [0.25, 0.3) is 5.69 Å². The topological polar surface area (TPSA) is 139 Å². The van der Waals surface area contributed by atoms with Crippen LogP contribution in [0, 0.1) is 27.9 Å². The van der Waals surface area contributed by atoms with Gasteiger partial charge >= 0.3 is 7.12 Å². The van der Waals surface area contributed by atoms with Gasteiger partial charge in [-0.15, -0.1) is 0 Å². The Hall–Kier alpha value is -5.00. The number of allylic oxidation sites excluding steroid dienone is 1. The number of aromatic hydroxyl groups is 1. The predicted molar refractivity (Wildman–Crippen MR) is 162 cm³/mol. The highest BCUT2D eigenvalue weighted by molar-refractivity contribution is 6.53. The van der Waals surface area contributed by atoms with Gasteiger partial charge in [0.1, 0.15) is 18.1 Å². The minimum atomic E-state index is -1.36. The number of carbonyl (C=O) groups excluding carboxylic acids is 2. The summed E-state index contributed by atoms with van der Waals surface area (Å²) < 4.78 is 12.3. The first kappa shape index (κ1) is 27.8. The number of fused-ring (bicyclic) bond motifs is 4. The number of benzene rings is 4. The largest absolute Gasteiger partial charge is 0.507 e. The van der Waals surface area contributed by atoms with E-state index in [1.807, 2.05) is 48.5 Å². The molecule has 10 nitrogen and oxygen atoms in total. The third kappa shape index (κ3) is 4.61. The molecule has 2 amide bonds. The molecule has 7 rings (SSSR count). The van der Waals surface area contributed by atoms with Crippen molar-refractivity contribution in [2.75, 3.05) is 11.5 Å². The number of nitro groups is 1. The van der Waals surface area contributed by atoms with Gasteiger partial charge < -0.3 is 19.5 Å². The van der Waals surface area contributed by atoms with Gasteiger partial charge in [-0.2, -0.15) is 0 Å². The SMILES string of the molecule is O=C1[C@H]2[C@H](CC(COc3ccccc3)=C3B(O)O[C@H](c4ccc(O)c5ccccc45)C[C@H]32)C(=O)N1c1cccc([N+](=O)[O-])c1. The molecule has 0 spiro atoms. The third-order valence-electron chi connectivity index (χ3n) is 8.95. The fourth-order valence-electron chi connectivity index (χ4n) is 7.02. The van der Waals surface area contributed by atoms with Gasteiger partial charge in [-0.1, -0.05) is 54.6 Å². The van der Waals surface area contributed by atoms with E-state index in [1.165, 1.54) is 24.3 Å². The number of phenolic OH excluding ortho intramolecular Hbond substituents is 1. The van der Waals surface area contributed by atoms with E-state index < -0.39 is 47.7 Å². The third-order valence-corrected chi connectivity index (χ3v) is 8.95. The molecule has 4 aromatic carbocycles. The first-order valence-corrected chi connectivity index (χ1v) is 14.4. The number of anilines is 1. The highest BCUT2D eigenvalue weighted by Crippen LogP contribution is 2.53. The molecule has 4 atom stereocenters. The van der Waals surface area contributed by atoms with Crippen LogP contribution in [0.3, 0.4) is 0 Å². The van der Waals surface area contributed by atoms with Crippen LogP contribution in [0.25, 0.3) is 10.8 Å². The van der Waals surface area contributed by atoms with Crippen LogP contribution in [-0.4, -0.2) is 40.6 Å². The molecule has 0 aromatic heterocycles. The number of phenols is 1. The molecule has 4 aromatic rings. The van der Waals surface area contributed by atoms with Crippen LogP contribution in [0.15, 0.2) is 102 Å². The Balaban J connectivity index is 1.30. The minimum absolute atomic E-state index is 0.0879. The molecule has 2 aliphatic heterocycles. The lowest BCUT2D eigenvalue weighted by Gasteiger charge is -2.42. The first-order valence-electron chi connectivity index (χ1n) is 14.4. The smallest absolute Gasteiger partial charge is 0.487 e. The summed E-state index contributed by atoms with van der Waals surface area (Å²) >= 11 is 0. The molecule has 0 unspecified atom stereocenters. The highest BCUT2D eigenvalue weighted by Gasteiger charge is 2.58. The van der Waals surface area contributed by atoms with E-state index in [0.29, 0.717) is 28.6 Å². The molecule has 0 bridgehead atoms. The van der Waals surface area contributed by atoms with Crippen LogP contribution < -0.4 is 9.64 Å². The molecule has 1 aliphatic carbocycles. The summed E-state index contributed by atoms with van der Waals surface area (Å²) in [4.78, 5) is 40.0. The number of hydrogen-bond donors (Lipinski definition) is 2. The van der Waals surface area contributed by atoms with E-state index in [-0.39, 0.29) is 30.2 Å². The molecule has 11 heteroatoms. The second-order valence-corrected chi connectivity index (χ2v) is 11.3. The molecule has 220 valence electrons. The van der Waals surface area contributed by atoms with Gasteiger partial charge in [0.05, 0.1) is 28.6 Å². The van der Waals surface area contributed by atoms with Gasteiger partial charge in [0.2, 0.25) is 11.8 Å². The van der Waals surface area contributed by atoms with Crippen molar-refractivity contribution in [1.82, 2.24) is 0 Å². The second-order valence-electron chi connectivity index (χ2n) is 11.3. The van der Waals surface area contributed by atoms with E-state index in [9.17, 15) is 29.8 Å². The summed E-state index contributed by atoms with van der Waals surface area (Å²) in [7, 11) is -1.36. The van der Waals surface area contributed by atoms with Gasteiger partial charge in [-0.25, -0.2) is 4.90 Å². The minimum Gasteiger partial charge on any atom is -0.507 e. The van der Waals surface area contributed by atoms with E-state index in [2.05, 4.69) is 0 Å². The molecule has 0 saturated carbocycles. The number of amides is 2.